The van der Waals surface area contributed by atoms with Gasteiger partial charge in [0.05, 0.1) is 16.7 Å². The Morgan fingerprint density at radius 1 is 0.424 bits per heavy atom. The summed E-state index contributed by atoms with van der Waals surface area (Å²) in [6, 6.07) is 75.8. The number of fused-ring (bicyclic) bond motifs is 8. The number of hydrogen-bond donors (Lipinski definition) is 0. The normalized spacial score (nSPS) is 11.7. The van der Waals surface area contributed by atoms with Crippen LogP contribution in [0.25, 0.3) is 93.5 Å². The molecule has 0 fully saturated rings. The van der Waals surface area contributed by atoms with Gasteiger partial charge in [-0.25, -0.2) is 4.98 Å². The predicted molar refractivity (Wildman–Crippen MR) is 246 cm³/mol. The zero-order valence-electron chi connectivity index (χ0n) is 32.0. The van der Waals surface area contributed by atoms with Crippen LogP contribution in [0.15, 0.2) is 217 Å². The van der Waals surface area contributed by atoms with E-state index in [0.29, 0.717) is 5.89 Å². The number of hydrogen-bond acceptors (Lipinski definition) is 3. The molecular weight excluding hydrogens is 719 g/mol. The summed E-state index contributed by atoms with van der Waals surface area (Å²) in [7, 11) is 0. The first-order valence-electron chi connectivity index (χ1n) is 20.0. The van der Waals surface area contributed by atoms with Crippen molar-refractivity contribution in [3.8, 4) is 28.3 Å². The fourth-order valence-electron chi connectivity index (χ4n) is 9.05. The third-order valence-corrected chi connectivity index (χ3v) is 11.7. The van der Waals surface area contributed by atoms with Crippen molar-refractivity contribution in [1.82, 2.24) is 9.55 Å². The number of oxazole rings is 1. The fourth-order valence-corrected chi connectivity index (χ4v) is 9.05. The highest BCUT2D eigenvalue weighted by Gasteiger charge is 2.23. The lowest BCUT2D eigenvalue weighted by Gasteiger charge is -2.26. The monoisotopic (exact) mass is 753 g/mol. The average Bonchev–Trinajstić information content (AvgIpc) is 3.89. The van der Waals surface area contributed by atoms with Crippen LogP contribution in [0.3, 0.4) is 0 Å². The van der Waals surface area contributed by atoms with Crippen molar-refractivity contribution in [3.63, 3.8) is 0 Å². The number of nitrogens with zero attached hydrogens (tertiary/aromatic N) is 3. The van der Waals surface area contributed by atoms with Crippen LogP contribution in [0.5, 0.6) is 0 Å². The quantitative estimate of drug-likeness (QED) is 0.170. The van der Waals surface area contributed by atoms with E-state index in [2.05, 4.69) is 216 Å². The van der Waals surface area contributed by atoms with Crippen LogP contribution < -0.4 is 4.90 Å². The third-order valence-electron chi connectivity index (χ3n) is 11.7. The number of para-hydroxylation sites is 2. The lowest BCUT2D eigenvalue weighted by molar-refractivity contribution is 0.620. The first-order chi connectivity index (χ1) is 29.2. The SMILES string of the molecule is c1ccc(-n2c3ccc(N(c4cccc(-c5cccc6ccccc56)c4)c4cccc5nc(-c6ccc7ccccc7c6)oc45)cc3c3c4ccccc4ccc32)cc1. The number of rotatable bonds is 6. The molecule has 0 unspecified atom stereocenters. The minimum Gasteiger partial charge on any atom is -0.434 e. The Morgan fingerprint density at radius 3 is 1.98 bits per heavy atom. The Bertz CT molecular complexity index is 3570. The van der Waals surface area contributed by atoms with E-state index in [9.17, 15) is 0 Å². The molecule has 10 aromatic carbocycles. The van der Waals surface area contributed by atoms with Crippen LogP contribution in [0.1, 0.15) is 0 Å². The van der Waals surface area contributed by atoms with Crippen molar-refractivity contribution in [1.29, 1.82) is 0 Å². The maximum atomic E-state index is 6.85. The molecule has 0 amide bonds. The molecule has 0 saturated heterocycles. The molecule has 2 aromatic heterocycles. The van der Waals surface area contributed by atoms with Gasteiger partial charge in [0.15, 0.2) is 5.58 Å². The standard InChI is InChI=1S/C55H35N3O/c1-2-19-42(20-3-1)58-50-32-30-44(35-48(50)53-47-23-9-7-15-38(47)29-31-51(53)58)57(43-21-10-18-40(34-43)46-24-11-17-37-14-6-8-22-45(37)46)52-26-12-25-49-54(52)59-55(56-49)41-28-27-36-13-4-5-16-39(36)33-41/h1-35H. The minimum atomic E-state index is 0.593. The lowest BCUT2D eigenvalue weighted by atomic mass is 9.97. The molecule has 0 aliphatic carbocycles. The van der Waals surface area contributed by atoms with Crippen molar-refractivity contribution in [2.75, 3.05) is 4.90 Å². The fraction of sp³-hybridized carbons (Fsp3) is 0. The number of anilines is 3. The van der Waals surface area contributed by atoms with Gasteiger partial charge in [-0.1, -0.05) is 140 Å². The Kier molecular flexibility index (Phi) is 7.50. The second kappa shape index (κ2) is 13.3. The summed E-state index contributed by atoms with van der Waals surface area (Å²) >= 11 is 0. The van der Waals surface area contributed by atoms with Crippen molar-refractivity contribution < 1.29 is 4.42 Å². The minimum absolute atomic E-state index is 0.593. The molecule has 12 rings (SSSR count). The maximum absolute atomic E-state index is 6.85. The Labute approximate surface area is 340 Å². The van der Waals surface area contributed by atoms with Crippen molar-refractivity contribution >= 4 is 82.3 Å². The highest BCUT2D eigenvalue weighted by molar-refractivity contribution is 6.22. The lowest BCUT2D eigenvalue weighted by Crippen LogP contribution is -2.10. The summed E-state index contributed by atoms with van der Waals surface area (Å²) in [6.45, 7) is 0. The summed E-state index contributed by atoms with van der Waals surface area (Å²) in [5.74, 6) is 0.593. The maximum Gasteiger partial charge on any atom is 0.227 e. The van der Waals surface area contributed by atoms with E-state index in [0.717, 1.165) is 55.9 Å². The molecular formula is C55H35N3O. The van der Waals surface area contributed by atoms with E-state index in [-0.39, 0.29) is 0 Å². The average molecular weight is 754 g/mol. The summed E-state index contributed by atoms with van der Waals surface area (Å²) in [5, 5.41) is 9.61. The van der Waals surface area contributed by atoms with E-state index >= 15 is 0 Å². The molecule has 0 aliphatic rings. The van der Waals surface area contributed by atoms with Crippen LogP contribution in [0.2, 0.25) is 0 Å². The van der Waals surface area contributed by atoms with Gasteiger partial charge in [-0.15, -0.1) is 0 Å². The second-order valence-corrected chi connectivity index (χ2v) is 15.2. The van der Waals surface area contributed by atoms with Crippen LogP contribution >= 0.6 is 0 Å². The molecule has 0 aliphatic heterocycles. The van der Waals surface area contributed by atoms with Crippen molar-refractivity contribution in [2.45, 2.75) is 0 Å². The van der Waals surface area contributed by atoms with Gasteiger partial charge < -0.3 is 13.9 Å². The van der Waals surface area contributed by atoms with E-state index in [1.165, 1.54) is 48.8 Å². The Balaban J connectivity index is 1.12. The smallest absolute Gasteiger partial charge is 0.227 e. The Morgan fingerprint density at radius 2 is 1.10 bits per heavy atom. The first-order valence-corrected chi connectivity index (χ1v) is 20.0. The van der Waals surface area contributed by atoms with Crippen molar-refractivity contribution in [3.05, 3.63) is 212 Å². The summed E-state index contributed by atoms with van der Waals surface area (Å²) in [6.07, 6.45) is 0. The second-order valence-electron chi connectivity index (χ2n) is 15.2. The zero-order valence-corrected chi connectivity index (χ0v) is 32.0. The van der Waals surface area contributed by atoms with Crippen LogP contribution in [0, 0.1) is 0 Å². The molecule has 12 aromatic rings. The zero-order chi connectivity index (χ0) is 38.9. The Hall–Kier alpha value is -7.95. The van der Waals surface area contributed by atoms with Gasteiger partial charge in [0.1, 0.15) is 5.52 Å². The van der Waals surface area contributed by atoms with E-state index in [4.69, 9.17) is 9.40 Å². The molecule has 0 N–H and O–H groups in total. The first kappa shape index (κ1) is 33.2. The van der Waals surface area contributed by atoms with Crippen LogP contribution in [-0.2, 0) is 0 Å². The molecule has 59 heavy (non-hydrogen) atoms. The van der Waals surface area contributed by atoms with Crippen LogP contribution in [-0.4, -0.2) is 9.55 Å². The topological polar surface area (TPSA) is 34.2 Å². The van der Waals surface area contributed by atoms with Gasteiger partial charge in [-0.05, 0) is 116 Å². The highest BCUT2D eigenvalue weighted by Crippen LogP contribution is 2.45. The summed E-state index contributed by atoms with van der Waals surface area (Å²) in [4.78, 5) is 7.42. The largest absolute Gasteiger partial charge is 0.434 e. The molecule has 2 heterocycles. The van der Waals surface area contributed by atoms with Gasteiger partial charge in [0.25, 0.3) is 0 Å². The molecule has 0 spiro atoms. The molecule has 0 radical (unpaired) electrons. The highest BCUT2D eigenvalue weighted by atomic mass is 16.3. The molecule has 0 bridgehead atoms. The molecule has 4 nitrogen and oxygen atoms in total. The molecule has 0 atom stereocenters. The van der Waals surface area contributed by atoms with E-state index in [1.807, 2.05) is 6.07 Å². The van der Waals surface area contributed by atoms with Gasteiger partial charge in [0, 0.05) is 33.4 Å². The number of aromatic nitrogens is 2. The molecule has 276 valence electrons. The van der Waals surface area contributed by atoms with Crippen LogP contribution in [0.4, 0.5) is 17.1 Å². The summed E-state index contributed by atoms with van der Waals surface area (Å²) < 4.78 is 9.24. The molecule has 0 saturated carbocycles. The van der Waals surface area contributed by atoms with E-state index in [1.54, 1.807) is 0 Å². The van der Waals surface area contributed by atoms with Gasteiger partial charge in [0.2, 0.25) is 5.89 Å². The molecule has 4 heteroatoms. The van der Waals surface area contributed by atoms with E-state index < -0.39 is 0 Å². The van der Waals surface area contributed by atoms with Gasteiger partial charge in [-0.3, -0.25) is 0 Å². The number of benzene rings is 10. The van der Waals surface area contributed by atoms with Gasteiger partial charge >= 0.3 is 0 Å². The summed E-state index contributed by atoms with van der Waals surface area (Å²) in [5.41, 5.74) is 11.2. The van der Waals surface area contributed by atoms with Gasteiger partial charge in [-0.2, -0.15) is 0 Å². The van der Waals surface area contributed by atoms with Crippen molar-refractivity contribution in [2.24, 2.45) is 0 Å². The third kappa shape index (κ3) is 5.42. The predicted octanol–water partition coefficient (Wildman–Crippen LogP) is 15.2.